The van der Waals surface area contributed by atoms with E-state index in [4.69, 9.17) is 4.74 Å². The van der Waals surface area contributed by atoms with Crippen LogP contribution in [0, 0.1) is 17.8 Å². The van der Waals surface area contributed by atoms with Crippen molar-refractivity contribution in [2.75, 3.05) is 19.6 Å². The van der Waals surface area contributed by atoms with E-state index < -0.39 is 0 Å². The van der Waals surface area contributed by atoms with Gasteiger partial charge in [-0.3, -0.25) is 10.1 Å². The lowest BCUT2D eigenvalue weighted by atomic mass is 9.66. The van der Waals surface area contributed by atoms with Crippen LogP contribution in [0.5, 0.6) is 5.75 Å². The van der Waals surface area contributed by atoms with E-state index in [1.807, 2.05) is 24.8 Å². The first-order valence-electron chi connectivity index (χ1n) is 8.18. The van der Waals surface area contributed by atoms with Gasteiger partial charge in [-0.2, -0.15) is 5.10 Å². The fourth-order valence-corrected chi connectivity index (χ4v) is 4.76. The molecule has 4 aliphatic rings. The Labute approximate surface area is 141 Å². The van der Waals surface area contributed by atoms with Gasteiger partial charge in [-0.25, -0.2) is 0 Å². The molecule has 1 aliphatic carbocycles. The van der Waals surface area contributed by atoms with Crippen molar-refractivity contribution < 1.29 is 4.74 Å². The third-order valence-corrected chi connectivity index (χ3v) is 5.52. The number of ether oxygens (including phenoxy) is 1. The Morgan fingerprint density at radius 2 is 1.87 bits per heavy atom. The molecule has 6 heteroatoms. The molecule has 3 saturated heterocycles. The van der Waals surface area contributed by atoms with Gasteiger partial charge in [0, 0.05) is 55.0 Å². The molecule has 0 unspecified atom stereocenters. The Morgan fingerprint density at radius 3 is 2.57 bits per heavy atom. The van der Waals surface area contributed by atoms with Crippen molar-refractivity contribution in [1.82, 2.24) is 20.1 Å². The fraction of sp³-hybridized carbons (Fsp3) is 0.529. The molecule has 0 spiro atoms. The van der Waals surface area contributed by atoms with Gasteiger partial charge < -0.3 is 9.64 Å². The zero-order chi connectivity index (χ0) is 14.5. The van der Waals surface area contributed by atoms with Crippen LogP contribution in [0.25, 0.3) is 11.1 Å². The Hall–Kier alpha value is -1.59. The second-order valence-corrected chi connectivity index (χ2v) is 7.05. The van der Waals surface area contributed by atoms with Crippen LogP contribution < -0.4 is 4.74 Å². The van der Waals surface area contributed by atoms with Gasteiger partial charge in [0.2, 0.25) is 0 Å². The largest absolute Gasteiger partial charge is 0.488 e. The van der Waals surface area contributed by atoms with Gasteiger partial charge >= 0.3 is 0 Å². The third-order valence-electron chi connectivity index (χ3n) is 5.52. The number of H-pyrrole nitrogens is 1. The first kappa shape index (κ1) is 15.0. The number of rotatable bonds is 3. The van der Waals surface area contributed by atoms with Crippen LogP contribution in [0.4, 0.5) is 0 Å². The summed E-state index contributed by atoms with van der Waals surface area (Å²) in [7, 11) is 0. The van der Waals surface area contributed by atoms with E-state index in [9.17, 15) is 0 Å². The predicted octanol–water partition coefficient (Wildman–Crippen LogP) is 2.61. The zero-order valence-corrected chi connectivity index (χ0v) is 13.7. The van der Waals surface area contributed by atoms with Gasteiger partial charge in [0.25, 0.3) is 0 Å². The minimum Gasteiger partial charge on any atom is -0.488 e. The number of aromatic nitrogens is 3. The number of nitrogens with zero attached hydrogens (tertiary/aromatic N) is 3. The summed E-state index contributed by atoms with van der Waals surface area (Å²) in [5.74, 6) is 3.20. The lowest BCUT2D eigenvalue weighted by Crippen LogP contribution is -2.61. The maximum Gasteiger partial charge on any atom is 0.138 e. The molecular formula is C17H21ClN4O. The molecular weight excluding hydrogens is 312 g/mol. The molecule has 0 amide bonds. The van der Waals surface area contributed by atoms with Gasteiger partial charge in [-0.15, -0.1) is 12.4 Å². The minimum absolute atomic E-state index is 0. The molecule has 0 radical (unpaired) electrons. The second kappa shape index (κ2) is 5.80. The van der Waals surface area contributed by atoms with Crippen LogP contribution in [-0.4, -0.2) is 45.8 Å². The van der Waals surface area contributed by atoms with Gasteiger partial charge in [-0.1, -0.05) is 0 Å². The van der Waals surface area contributed by atoms with Gasteiger partial charge in [0.1, 0.15) is 11.9 Å². The second-order valence-electron chi connectivity index (χ2n) is 7.05. The molecule has 0 aromatic carbocycles. The van der Waals surface area contributed by atoms with E-state index in [0.29, 0.717) is 17.9 Å². The van der Waals surface area contributed by atoms with Crippen molar-refractivity contribution >= 4 is 12.4 Å². The molecule has 4 fully saturated rings. The summed E-state index contributed by atoms with van der Waals surface area (Å²) in [5.41, 5.74) is 2.10. The topological polar surface area (TPSA) is 54.0 Å². The normalized spacial score (nSPS) is 34.2. The van der Waals surface area contributed by atoms with Gasteiger partial charge in [-0.05, 0) is 24.8 Å². The monoisotopic (exact) mass is 332 g/mol. The molecule has 1 N–H and O–H groups in total. The highest BCUT2D eigenvalue weighted by molar-refractivity contribution is 5.85. The number of hydrogen-bond acceptors (Lipinski definition) is 4. The van der Waals surface area contributed by atoms with Crippen LogP contribution in [0.15, 0.2) is 30.9 Å². The molecule has 2 aromatic rings. The Morgan fingerprint density at radius 1 is 1.04 bits per heavy atom. The zero-order valence-electron chi connectivity index (χ0n) is 12.9. The van der Waals surface area contributed by atoms with E-state index in [0.717, 1.165) is 22.8 Å². The van der Waals surface area contributed by atoms with E-state index in [2.05, 4.69) is 26.1 Å². The summed E-state index contributed by atoms with van der Waals surface area (Å²) < 4.78 is 6.41. The lowest BCUT2D eigenvalue weighted by Gasteiger charge is -2.55. The number of hydrogen-bond donors (Lipinski definition) is 1. The Bertz CT molecular complexity index is 647. The van der Waals surface area contributed by atoms with Crippen molar-refractivity contribution in [1.29, 1.82) is 0 Å². The summed E-state index contributed by atoms with van der Waals surface area (Å²) in [5, 5.41) is 6.85. The summed E-state index contributed by atoms with van der Waals surface area (Å²) >= 11 is 0. The van der Waals surface area contributed by atoms with Crippen molar-refractivity contribution in [3.8, 4) is 16.9 Å². The average Bonchev–Trinajstić information content (AvgIpc) is 3.05. The number of nitrogens with one attached hydrogen (secondary N) is 1. The standard InChI is InChI=1S/C17H20N4O.ClH/c1-11-2-14-10-21(8-11)9-13(1)17(14)22-16-3-12(4-18-7-16)15-5-19-20-6-15;/h3-7,11,13-14,17H,1-2,8-10H2,(H,19,20);1H/t11?,13-,14-,17?;/m0./s1. The summed E-state index contributed by atoms with van der Waals surface area (Å²) in [6.45, 7) is 3.75. The molecule has 122 valence electrons. The molecule has 23 heavy (non-hydrogen) atoms. The minimum atomic E-state index is 0. The molecule has 6 rings (SSSR count). The van der Waals surface area contributed by atoms with Gasteiger partial charge in [0.05, 0.1) is 12.4 Å². The molecule has 5 heterocycles. The van der Waals surface area contributed by atoms with E-state index in [1.165, 1.54) is 32.5 Å². The fourth-order valence-electron chi connectivity index (χ4n) is 4.76. The highest BCUT2D eigenvalue weighted by Crippen LogP contribution is 2.45. The van der Waals surface area contributed by atoms with Crippen molar-refractivity contribution in [3.05, 3.63) is 30.9 Å². The van der Waals surface area contributed by atoms with E-state index in [-0.39, 0.29) is 12.4 Å². The first-order chi connectivity index (χ1) is 10.8. The highest BCUT2D eigenvalue weighted by Gasteiger charge is 2.48. The molecule has 1 saturated carbocycles. The summed E-state index contributed by atoms with van der Waals surface area (Å²) in [6, 6.07) is 2.09. The Balaban J connectivity index is 0.00000135. The molecule has 2 atom stereocenters. The van der Waals surface area contributed by atoms with E-state index in [1.54, 1.807) is 0 Å². The SMILES string of the molecule is Cl.c1ncc(-c2cn[nH]c2)cc1OC1[C@H]2CC3C[C@H]1CN(C3)C2. The summed E-state index contributed by atoms with van der Waals surface area (Å²) in [6.07, 6.45) is 10.5. The van der Waals surface area contributed by atoms with Crippen molar-refractivity contribution in [3.63, 3.8) is 0 Å². The quantitative estimate of drug-likeness (QED) is 0.938. The van der Waals surface area contributed by atoms with Crippen molar-refractivity contribution in [2.45, 2.75) is 18.9 Å². The predicted molar refractivity (Wildman–Crippen MR) is 89.6 cm³/mol. The van der Waals surface area contributed by atoms with Crippen LogP contribution in [0.2, 0.25) is 0 Å². The maximum atomic E-state index is 6.41. The maximum absolute atomic E-state index is 6.41. The third kappa shape index (κ3) is 2.62. The van der Waals surface area contributed by atoms with Crippen LogP contribution in [0.3, 0.4) is 0 Å². The van der Waals surface area contributed by atoms with Crippen molar-refractivity contribution in [2.24, 2.45) is 17.8 Å². The highest BCUT2D eigenvalue weighted by atomic mass is 35.5. The Kier molecular flexibility index (Phi) is 3.77. The van der Waals surface area contributed by atoms with Crippen LogP contribution >= 0.6 is 12.4 Å². The first-order valence-corrected chi connectivity index (χ1v) is 8.18. The lowest BCUT2D eigenvalue weighted by molar-refractivity contribution is -0.0985. The number of aromatic amines is 1. The number of pyridine rings is 1. The number of halogens is 1. The number of piperidine rings is 3. The average molecular weight is 333 g/mol. The van der Waals surface area contributed by atoms with Crippen LogP contribution in [-0.2, 0) is 0 Å². The molecule has 3 aliphatic heterocycles. The summed E-state index contributed by atoms with van der Waals surface area (Å²) in [4.78, 5) is 6.98. The molecule has 4 bridgehead atoms. The van der Waals surface area contributed by atoms with Crippen LogP contribution in [0.1, 0.15) is 12.8 Å². The molecule has 2 aromatic heterocycles. The van der Waals surface area contributed by atoms with E-state index >= 15 is 0 Å². The smallest absolute Gasteiger partial charge is 0.138 e. The van der Waals surface area contributed by atoms with Gasteiger partial charge in [0.15, 0.2) is 0 Å². The molecule has 5 nitrogen and oxygen atoms in total.